The first kappa shape index (κ1) is 35.1. The molecule has 0 spiro atoms. The van der Waals surface area contributed by atoms with E-state index in [4.69, 9.17) is 30.4 Å². The summed E-state index contributed by atoms with van der Waals surface area (Å²) >= 11 is 0. The Morgan fingerprint density at radius 1 is 0.977 bits per heavy atom. The minimum absolute atomic E-state index is 0.299. The van der Waals surface area contributed by atoms with E-state index in [2.05, 4.69) is 49.5 Å². The lowest BCUT2D eigenvalue weighted by Gasteiger charge is -2.20. The van der Waals surface area contributed by atoms with Crippen LogP contribution in [0.5, 0.6) is 11.5 Å². The molecule has 0 radical (unpaired) electrons. The molecule has 2 aromatic carbocycles. The second-order valence-electron chi connectivity index (χ2n) is 10.5. The maximum Gasteiger partial charge on any atom is 0.328 e. The first-order valence-electron chi connectivity index (χ1n) is 15.0. The number of carboxylic acids is 2. The number of carbonyl (C=O) groups is 2. The van der Waals surface area contributed by atoms with Gasteiger partial charge in [0, 0.05) is 30.5 Å². The first-order chi connectivity index (χ1) is 20.8. The predicted octanol–water partition coefficient (Wildman–Crippen LogP) is 6.77. The average Bonchev–Trinajstić information content (AvgIpc) is 2.99. The molecule has 1 unspecified atom stereocenters. The number of hydrogen-bond acceptors (Lipinski definition) is 7. The largest absolute Gasteiger partial charge is 0.493 e. The first-order valence-corrected chi connectivity index (χ1v) is 15.0. The van der Waals surface area contributed by atoms with Crippen molar-refractivity contribution in [3.63, 3.8) is 0 Å². The van der Waals surface area contributed by atoms with Crippen LogP contribution in [0, 0.1) is 6.92 Å². The number of hydrogen-bond donors (Lipinski definition) is 4. The third-order valence-electron chi connectivity index (χ3n) is 6.92. The van der Waals surface area contributed by atoms with Crippen LogP contribution in [-0.4, -0.2) is 53.4 Å². The van der Waals surface area contributed by atoms with Gasteiger partial charge in [0.05, 0.1) is 30.3 Å². The van der Waals surface area contributed by atoms with Crippen LogP contribution in [0.3, 0.4) is 0 Å². The Labute approximate surface area is 255 Å². The van der Waals surface area contributed by atoms with E-state index in [1.165, 1.54) is 44.1 Å². The molecule has 9 heteroatoms. The van der Waals surface area contributed by atoms with E-state index in [1.807, 2.05) is 18.3 Å². The van der Waals surface area contributed by atoms with Gasteiger partial charge in [-0.2, -0.15) is 0 Å². The fourth-order valence-electron chi connectivity index (χ4n) is 4.70. The normalized spacial score (nSPS) is 11.5. The molecule has 0 aliphatic rings. The number of anilines is 1. The van der Waals surface area contributed by atoms with Crippen molar-refractivity contribution in [1.82, 2.24) is 4.98 Å². The monoisotopic (exact) mass is 593 g/mol. The quantitative estimate of drug-likeness (QED) is 0.0928. The lowest BCUT2D eigenvalue weighted by molar-refractivity contribution is -0.134. The van der Waals surface area contributed by atoms with Crippen LogP contribution in [0.1, 0.15) is 69.4 Å². The summed E-state index contributed by atoms with van der Waals surface area (Å²) in [7, 11) is 1.71. The van der Waals surface area contributed by atoms with Gasteiger partial charge in [0.15, 0.2) is 11.5 Å². The number of carboxylic acid groups (broad SMARTS) is 2. The topological polar surface area (TPSA) is 144 Å². The second kappa shape index (κ2) is 19.9. The van der Waals surface area contributed by atoms with Crippen molar-refractivity contribution in [3.05, 3.63) is 71.9 Å². The number of unbranched alkanes of at least 4 members (excludes halogenated alkanes) is 5. The van der Waals surface area contributed by atoms with Gasteiger partial charge in [-0.3, -0.25) is 4.98 Å². The summed E-state index contributed by atoms with van der Waals surface area (Å²) in [6.45, 7) is 5.67. The number of fused-ring (bicyclic) bond motifs is 1. The maximum absolute atomic E-state index is 9.55. The van der Waals surface area contributed by atoms with E-state index in [9.17, 15) is 9.59 Å². The number of nitrogens with two attached hydrogens (primary N) is 1. The summed E-state index contributed by atoms with van der Waals surface area (Å²) in [6.07, 6.45) is 13.5. The van der Waals surface area contributed by atoms with Crippen molar-refractivity contribution in [3.8, 4) is 11.5 Å². The molecular formula is C34H47N3O6. The number of benzene rings is 2. The van der Waals surface area contributed by atoms with Crippen molar-refractivity contribution >= 4 is 28.5 Å². The molecule has 0 amide bonds. The zero-order chi connectivity index (χ0) is 31.5. The van der Waals surface area contributed by atoms with Crippen molar-refractivity contribution in [2.45, 2.75) is 77.7 Å². The number of nitrogens with one attached hydrogen (secondary N) is 1. The van der Waals surface area contributed by atoms with Crippen LogP contribution >= 0.6 is 0 Å². The molecule has 9 nitrogen and oxygen atoms in total. The average molecular weight is 594 g/mol. The standard InChI is InChI=1S/C30H43N3O2.C4H4O4/c1-23-18-20-32-29-26(33-24(2)14-13-19-31)22-27(34-3)30(28(23)29)35-21-12-7-5-4-6-9-15-25-16-10-8-11-17-25;5-3(6)1-2-4(7)8/h8,10-11,16-18,20,22,24,33H,4-7,9,12-15,19,21,31H2,1-3H3;1-2H,(H,5,6)(H,7,8)/b;2-1+. The van der Waals surface area contributed by atoms with Crippen LogP contribution in [0.4, 0.5) is 5.69 Å². The molecule has 3 aromatic rings. The van der Waals surface area contributed by atoms with Gasteiger partial charge in [-0.1, -0.05) is 56.0 Å². The lowest BCUT2D eigenvalue weighted by Crippen LogP contribution is -2.17. The lowest BCUT2D eigenvalue weighted by atomic mass is 10.0. The van der Waals surface area contributed by atoms with Crippen molar-refractivity contribution in [2.24, 2.45) is 5.73 Å². The zero-order valence-electron chi connectivity index (χ0n) is 25.7. The number of aromatic nitrogens is 1. The molecule has 1 heterocycles. The number of methoxy groups -OCH3 is 1. The molecule has 1 aromatic heterocycles. The summed E-state index contributed by atoms with van der Waals surface area (Å²) < 4.78 is 12.1. The Morgan fingerprint density at radius 2 is 1.63 bits per heavy atom. The molecule has 0 saturated carbocycles. The molecule has 5 N–H and O–H groups in total. The minimum Gasteiger partial charge on any atom is -0.493 e. The van der Waals surface area contributed by atoms with Crippen molar-refractivity contribution < 1.29 is 29.3 Å². The number of aliphatic carboxylic acids is 2. The second-order valence-corrected chi connectivity index (χ2v) is 10.5. The number of rotatable bonds is 18. The predicted molar refractivity (Wildman–Crippen MR) is 172 cm³/mol. The van der Waals surface area contributed by atoms with E-state index in [0.717, 1.165) is 52.9 Å². The SMILES string of the molecule is COc1cc(NC(C)CCCN)c2nccc(C)c2c1OCCCCCCCCc1ccccc1.O=C(O)/C=C/C(=O)O. The van der Waals surface area contributed by atoms with Gasteiger partial charge in [-0.05, 0) is 69.7 Å². The van der Waals surface area contributed by atoms with Crippen LogP contribution in [0.15, 0.2) is 60.8 Å². The minimum atomic E-state index is -1.26. The highest BCUT2D eigenvalue weighted by molar-refractivity contribution is 5.99. The molecule has 3 rings (SSSR count). The zero-order valence-corrected chi connectivity index (χ0v) is 25.7. The third-order valence-corrected chi connectivity index (χ3v) is 6.92. The Balaban J connectivity index is 0.000000708. The number of pyridine rings is 1. The molecule has 0 aliphatic heterocycles. The van der Waals surface area contributed by atoms with Crippen LogP contribution < -0.4 is 20.5 Å². The van der Waals surface area contributed by atoms with Gasteiger partial charge in [0.1, 0.15) is 0 Å². The van der Waals surface area contributed by atoms with Crippen LogP contribution in [-0.2, 0) is 16.0 Å². The summed E-state index contributed by atoms with van der Waals surface area (Å²) in [5.41, 5.74) is 10.2. The summed E-state index contributed by atoms with van der Waals surface area (Å²) in [6, 6.07) is 15.1. The molecule has 0 fully saturated rings. The van der Waals surface area contributed by atoms with Gasteiger partial charge in [-0.25, -0.2) is 9.59 Å². The molecule has 0 aliphatic carbocycles. The van der Waals surface area contributed by atoms with Gasteiger partial charge in [0.2, 0.25) is 0 Å². The Kier molecular flexibility index (Phi) is 16.2. The molecule has 0 saturated heterocycles. The summed E-state index contributed by atoms with van der Waals surface area (Å²) in [5, 5.41) is 20.3. The highest BCUT2D eigenvalue weighted by Crippen LogP contribution is 2.41. The Bertz CT molecular complexity index is 1280. The third kappa shape index (κ3) is 13.2. The van der Waals surface area contributed by atoms with Crippen LogP contribution in [0.2, 0.25) is 0 Å². The smallest absolute Gasteiger partial charge is 0.328 e. The van der Waals surface area contributed by atoms with Gasteiger partial charge in [-0.15, -0.1) is 0 Å². The molecule has 234 valence electrons. The van der Waals surface area contributed by atoms with Crippen LogP contribution in [0.25, 0.3) is 10.9 Å². The highest BCUT2D eigenvalue weighted by atomic mass is 16.5. The molecular weight excluding hydrogens is 546 g/mol. The Morgan fingerprint density at radius 3 is 2.26 bits per heavy atom. The summed E-state index contributed by atoms with van der Waals surface area (Å²) in [4.78, 5) is 23.8. The van der Waals surface area contributed by atoms with E-state index in [0.29, 0.717) is 31.3 Å². The maximum atomic E-state index is 9.55. The van der Waals surface area contributed by atoms with Gasteiger partial charge in [0.25, 0.3) is 0 Å². The number of ether oxygens (including phenoxy) is 2. The van der Waals surface area contributed by atoms with Gasteiger partial charge >= 0.3 is 11.9 Å². The molecule has 0 bridgehead atoms. The fourth-order valence-corrected chi connectivity index (χ4v) is 4.70. The fraction of sp³-hybridized carbons (Fsp3) is 0.441. The van der Waals surface area contributed by atoms with E-state index in [1.54, 1.807) is 7.11 Å². The number of aryl methyl sites for hydroxylation is 2. The highest BCUT2D eigenvalue weighted by Gasteiger charge is 2.18. The molecule has 43 heavy (non-hydrogen) atoms. The Hall–Kier alpha value is -4.11. The van der Waals surface area contributed by atoms with E-state index < -0.39 is 11.9 Å². The van der Waals surface area contributed by atoms with Crippen molar-refractivity contribution in [1.29, 1.82) is 0 Å². The van der Waals surface area contributed by atoms with E-state index >= 15 is 0 Å². The van der Waals surface area contributed by atoms with E-state index in [-0.39, 0.29) is 0 Å². The van der Waals surface area contributed by atoms with Gasteiger partial charge < -0.3 is 30.7 Å². The van der Waals surface area contributed by atoms with Crippen molar-refractivity contribution in [2.75, 3.05) is 25.6 Å². The summed E-state index contributed by atoms with van der Waals surface area (Å²) in [5.74, 6) is -0.959. The number of nitrogens with zero attached hydrogens (tertiary/aromatic N) is 1. The molecule has 1 atom stereocenters.